The van der Waals surface area contributed by atoms with Gasteiger partial charge in [-0.3, -0.25) is 4.79 Å². The summed E-state index contributed by atoms with van der Waals surface area (Å²) >= 11 is 3.39. The van der Waals surface area contributed by atoms with Crippen LogP contribution in [0, 0.1) is 5.92 Å². The number of nitrogens with zero attached hydrogens (tertiary/aromatic N) is 1. The molecule has 0 saturated heterocycles. The monoisotopic (exact) mass is 351 g/mol. The Balaban J connectivity index is 0.00000324. The lowest BCUT2D eigenvalue weighted by Crippen LogP contribution is -2.55. The SMILES string of the molecule is CCn1cc(Br)cc1C(=O)NC(C)(CN)C(C)C.Cl. The number of halogens is 2. The van der Waals surface area contributed by atoms with Gasteiger partial charge >= 0.3 is 0 Å². The Kier molecular flexibility index (Phi) is 7.11. The summed E-state index contributed by atoms with van der Waals surface area (Å²) < 4.78 is 2.82. The second kappa shape index (κ2) is 7.31. The average molecular weight is 353 g/mol. The molecule has 4 nitrogen and oxygen atoms in total. The summed E-state index contributed by atoms with van der Waals surface area (Å²) in [7, 11) is 0. The quantitative estimate of drug-likeness (QED) is 0.856. The van der Waals surface area contributed by atoms with E-state index in [1.807, 2.05) is 30.7 Å². The molecule has 1 rings (SSSR count). The minimum Gasteiger partial charge on any atom is -0.344 e. The Morgan fingerprint density at radius 1 is 1.58 bits per heavy atom. The highest BCUT2D eigenvalue weighted by Gasteiger charge is 2.29. The summed E-state index contributed by atoms with van der Waals surface area (Å²) in [5.41, 5.74) is 6.05. The highest BCUT2D eigenvalue weighted by atomic mass is 79.9. The summed E-state index contributed by atoms with van der Waals surface area (Å²) in [6.45, 7) is 9.28. The van der Waals surface area contributed by atoms with Crippen molar-refractivity contribution in [3.63, 3.8) is 0 Å². The van der Waals surface area contributed by atoms with Gasteiger partial charge < -0.3 is 15.6 Å². The zero-order valence-corrected chi connectivity index (χ0v) is 14.3. The molecule has 0 aliphatic carbocycles. The van der Waals surface area contributed by atoms with Crippen LogP contribution in [0.5, 0.6) is 0 Å². The van der Waals surface area contributed by atoms with Gasteiger partial charge in [-0.2, -0.15) is 0 Å². The first-order valence-corrected chi connectivity index (χ1v) is 7.01. The minimum absolute atomic E-state index is 0. The third-order valence-corrected chi connectivity index (χ3v) is 3.97. The van der Waals surface area contributed by atoms with E-state index in [2.05, 4.69) is 35.1 Å². The molecule has 1 aromatic rings. The van der Waals surface area contributed by atoms with Gasteiger partial charge in [0.25, 0.3) is 5.91 Å². The van der Waals surface area contributed by atoms with Crippen molar-refractivity contribution in [1.29, 1.82) is 0 Å². The van der Waals surface area contributed by atoms with Crippen LogP contribution in [0.1, 0.15) is 38.2 Å². The van der Waals surface area contributed by atoms with Crippen molar-refractivity contribution in [2.75, 3.05) is 6.54 Å². The lowest BCUT2D eigenvalue weighted by Gasteiger charge is -2.33. The minimum atomic E-state index is -0.383. The van der Waals surface area contributed by atoms with Crippen molar-refractivity contribution in [3.8, 4) is 0 Å². The highest BCUT2D eigenvalue weighted by molar-refractivity contribution is 9.10. The summed E-state index contributed by atoms with van der Waals surface area (Å²) in [5, 5.41) is 3.04. The molecule has 1 atom stereocenters. The van der Waals surface area contributed by atoms with Gasteiger partial charge in [0.15, 0.2) is 0 Å². The molecule has 0 fully saturated rings. The molecule has 0 bridgehead atoms. The van der Waals surface area contributed by atoms with Crippen LogP contribution in [0.25, 0.3) is 0 Å². The Morgan fingerprint density at radius 2 is 2.16 bits per heavy atom. The summed E-state index contributed by atoms with van der Waals surface area (Å²) in [6, 6.07) is 1.83. The van der Waals surface area contributed by atoms with Crippen LogP contribution in [0.3, 0.4) is 0 Å². The van der Waals surface area contributed by atoms with Crippen LogP contribution in [0.15, 0.2) is 16.7 Å². The van der Waals surface area contributed by atoms with Crippen LogP contribution >= 0.6 is 28.3 Å². The Bertz CT molecular complexity index is 434. The first kappa shape index (κ1) is 18.5. The number of carbonyl (C=O) groups is 1. The summed E-state index contributed by atoms with van der Waals surface area (Å²) in [6.07, 6.45) is 1.91. The van der Waals surface area contributed by atoms with Crippen LogP contribution in [-0.4, -0.2) is 22.6 Å². The molecule has 1 heterocycles. The van der Waals surface area contributed by atoms with Crippen molar-refractivity contribution in [3.05, 3.63) is 22.4 Å². The molecule has 110 valence electrons. The first-order valence-electron chi connectivity index (χ1n) is 6.22. The van der Waals surface area contributed by atoms with Gasteiger partial charge in [-0.25, -0.2) is 0 Å². The smallest absolute Gasteiger partial charge is 0.268 e. The zero-order chi connectivity index (χ0) is 13.9. The Hall–Kier alpha value is -0.520. The van der Waals surface area contributed by atoms with Gasteiger partial charge in [-0.1, -0.05) is 13.8 Å². The lowest BCUT2D eigenvalue weighted by molar-refractivity contribution is 0.0873. The molecule has 0 aromatic carbocycles. The fourth-order valence-electron chi connectivity index (χ4n) is 1.68. The van der Waals surface area contributed by atoms with E-state index in [4.69, 9.17) is 5.73 Å². The second-order valence-corrected chi connectivity index (χ2v) is 5.98. The maximum Gasteiger partial charge on any atom is 0.268 e. The molecular formula is C13H23BrClN3O. The maximum atomic E-state index is 12.3. The molecule has 1 aromatic heterocycles. The third kappa shape index (κ3) is 4.23. The third-order valence-electron chi connectivity index (χ3n) is 3.53. The standard InChI is InChI=1S/C13H22BrN3O.ClH/c1-5-17-7-10(14)6-11(17)12(18)16-13(4,8-15)9(2)3;/h6-7,9H,5,8,15H2,1-4H3,(H,16,18);1H. The first-order chi connectivity index (χ1) is 8.34. The maximum absolute atomic E-state index is 12.3. The molecule has 0 aliphatic rings. The van der Waals surface area contributed by atoms with Crippen molar-refractivity contribution in [2.24, 2.45) is 11.7 Å². The molecule has 6 heteroatoms. The van der Waals surface area contributed by atoms with Crippen LogP contribution in [0.4, 0.5) is 0 Å². The number of rotatable bonds is 5. The average Bonchev–Trinajstić information content (AvgIpc) is 2.70. The zero-order valence-electron chi connectivity index (χ0n) is 11.9. The molecule has 0 saturated carbocycles. The van der Waals surface area contributed by atoms with Gasteiger partial charge in [0.05, 0.1) is 5.54 Å². The highest BCUT2D eigenvalue weighted by Crippen LogP contribution is 2.18. The van der Waals surface area contributed by atoms with E-state index in [1.54, 1.807) is 0 Å². The number of aromatic nitrogens is 1. The van der Waals surface area contributed by atoms with E-state index in [1.165, 1.54) is 0 Å². The van der Waals surface area contributed by atoms with Crippen molar-refractivity contribution in [1.82, 2.24) is 9.88 Å². The van der Waals surface area contributed by atoms with Gasteiger partial charge in [0.2, 0.25) is 0 Å². The number of nitrogens with one attached hydrogen (secondary N) is 1. The number of hydrogen-bond donors (Lipinski definition) is 2. The van der Waals surface area contributed by atoms with E-state index in [-0.39, 0.29) is 29.8 Å². The fourth-order valence-corrected chi connectivity index (χ4v) is 2.15. The normalized spacial score (nSPS) is 13.8. The lowest BCUT2D eigenvalue weighted by atomic mass is 9.88. The van der Waals surface area contributed by atoms with E-state index in [0.717, 1.165) is 11.0 Å². The van der Waals surface area contributed by atoms with Crippen LogP contribution < -0.4 is 11.1 Å². The van der Waals surface area contributed by atoms with E-state index in [9.17, 15) is 4.79 Å². The molecule has 1 amide bonds. The largest absolute Gasteiger partial charge is 0.344 e. The second-order valence-electron chi connectivity index (χ2n) is 5.06. The Labute approximate surface area is 129 Å². The van der Waals surface area contributed by atoms with Gasteiger partial charge in [-0.05, 0) is 41.8 Å². The number of carbonyl (C=O) groups excluding carboxylic acids is 1. The molecule has 0 radical (unpaired) electrons. The number of hydrogen-bond acceptors (Lipinski definition) is 2. The van der Waals surface area contributed by atoms with E-state index >= 15 is 0 Å². The molecule has 3 N–H and O–H groups in total. The molecule has 19 heavy (non-hydrogen) atoms. The van der Waals surface area contributed by atoms with Gasteiger partial charge in [0, 0.05) is 23.8 Å². The van der Waals surface area contributed by atoms with Crippen LogP contribution in [0.2, 0.25) is 0 Å². The molecule has 0 spiro atoms. The number of amides is 1. The molecule has 1 unspecified atom stereocenters. The van der Waals surface area contributed by atoms with Crippen molar-refractivity contribution in [2.45, 2.75) is 39.8 Å². The number of nitrogens with two attached hydrogens (primary N) is 1. The van der Waals surface area contributed by atoms with Gasteiger partial charge in [0.1, 0.15) is 5.69 Å². The summed E-state index contributed by atoms with van der Waals surface area (Å²) in [5.74, 6) is 0.198. The van der Waals surface area contributed by atoms with Crippen LogP contribution in [-0.2, 0) is 6.54 Å². The molecular weight excluding hydrogens is 330 g/mol. The predicted octanol–water partition coefficient (Wildman–Crippen LogP) is 2.80. The van der Waals surface area contributed by atoms with Crippen molar-refractivity contribution >= 4 is 34.2 Å². The van der Waals surface area contributed by atoms with Crippen molar-refractivity contribution < 1.29 is 4.79 Å². The summed E-state index contributed by atoms with van der Waals surface area (Å²) in [4.78, 5) is 12.3. The van der Waals surface area contributed by atoms with Gasteiger partial charge in [-0.15, -0.1) is 12.4 Å². The van der Waals surface area contributed by atoms with E-state index in [0.29, 0.717) is 12.2 Å². The fraction of sp³-hybridized carbons (Fsp3) is 0.615. The molecule has 0 aliphatic heterocycles. The van der Waals surface area contributed by atoms with E-state index < -0.39 is 0 Å². The topological polar surface area (TPSA) is 60.0 Å². The predicted molar refractivity (Wildman–Crippen MR) is 84.8 cm³/mol. The number of aryl methyl sites for hydroxylation is 1. The Morgan fingerprint density at radius 3 is 2.58 bits per heavy atom.